The second-order valence-corrected chi connectivity index (χ2v) is 6.83. The van der Waals surface area contributed by atoms with Crippen molar-refractivity contribution in [3.05, 3.63) is 35.6 Å². The van der Waals surface area contributed by atoms with Crippen molar-refractivity contribution in [1.29, 1.82) is 0 Å². The third kappa shape index (κ3) is 5.13. The smallest absolute Gasteiger partial charge is 0.191 e. The van der Waals surface area contributed by atoms with Crippen molar-refractivity contribution in [3.63, 3.8) is 0 Å². The summed E-state index contributed by atoms with van der Waals surface area (Å²) < 4.78 is 5.97. The van der Waals surface area contributed by atoms with Gasteiger partial charge in [-0.05, 0) is 38.8 Å². The van der Waals surface area contributed by atoms with Gasteiger partial charge in [0.1, 0.15) is 11.3 Å². The van der Waals surface area contributed by atoms with E-state index in [0.29, 0.717) is 12.6 Å². The molecule has 1 aromatic carbocycles. The van der Waals surface area contributed by atoms with Crippen molar-refractivity contribution in [3.8, 4) is 0 Å². The molecule has 0 atom stereocenters. The molecule has 1 saturated heterocycles. The van der Waals surface area contributed by atoms with Crippen LogP contribution >= 0.6 is 24.0 Å². The summed E-state index contributed by atoms with van der Waals surface area (Å²) >= 11 is 0. The number of halogens is 1. The Bertz CT molecular complexity index is 720. The normalized spacial score (nSPS) is 16.5. The Balaban J connectivity index is 0.00000243. The largest absolute Gasteiger partial charge is 0.459 e. The van der Waals surface area contributed by atoms with Gasteiger partial charge in [-0.25, -0.2) is 0 Å². The maximum Gasteiger partial charge on any atom is 0.191 e. The minimum Gasteiger partial charge on any atom is -0.459 e. The highest BCUT2D eigenvalue weighted by Crippen LogP contribution is 2.24. The van der Waals surface area contributed by atoms with Gasteiger partial charge in [0.2, 0.25) is 0 Å². The van der Waals surface area contributed by atoms with Gasteiger partial charge in [0.25, 0.3) is 0 Å². The molecule has 0 saturated carbocycles. The molecule has 1 aromatic heterocycles. The third-order valence-electron chi connectivity index (χ3n) is 5.05. The highest BCUT2D eigenvalue weighted by Gasteiger charge is 2.19. The van der Waals surface area contributed by atoms with Crippen molar-refractivity contribution < 1.29 is 4.42 Å². The number of likely N-dealkylation sites (tertiary alicyclic amines) is 1. The molecule has 144 valence electrons. The van der Waals surface area contributed by atoms with Gasteiger partial charge < -0.3 is 20.0 Å². The van der Waals surface area contributed by atoms with E-state index in [4.69, 9.17) is 4.42 Å². The van der Waals surface area contributed by atoms with E-state index in [-0.39, 0.29) is 24.0 Å². The Labute approximate surface area is 173 Å². The third-order valence-corrected chi connectivity index (χ3v) is 5.05. The number of aliphatic imine (C=N–C) groups is 1. The van der Waals surface area contributed by atoms with Crippen LogP contribution in [0.4, 0.5) is 0 Å². The topological polar surface area (TPSA) is 52.8 Å². The molecule has 1 aliphatic rings. The second-order valence-electron chi connectivity index (χ2n) is 6.83. The number of benzene rings is 1. The number of fused-ring (bicyclic) bond motifs is 1. The van der Waals surface area contributed by atoms with Crippen LogP contribution in [-0.4, -0.2) is 43.6 Å². The lowest BCUT2D eigenvalue weighted by molar-refractivity contribution is 0.206. The molecule has 2 aromatic rings. The average molecular weight is 470 g/mol. The summed E-state index contributed by atoms with van der Waals surface area (Å²) in [5.41, 5.74) is 2.15. The predicted octanol–water partition coefficient (Wildman–Crippen LogP) is 3.90. The molecular weight excluding hydrogens is 439 g/mol. The maximum absolute atomic E-state index is 5.97. The van der Waals surface area contributed by atoms with Gasteiger partial charge in [-0.3, -0.25) is 4.99 Å². The molecule has 0 spiro atoms. The van der Waals surface area contributed by atoms with E-state index in [2.05, 4.69) is 40.4 Å². The standard InChI is InChI=1S/C20H30N4O.HI/c1-4-11-24-12-9-16(10-13-24)23-20(21-3)22-14-19-15(2)17-7-5-6-8-18(17)25-19;/h5-8,16H,4,9-14H2,1-3H3,(H2,21,22,23);1H. The van der Waals surface area contributed by atoms with E-state index in [1.54, 1.807) is 0 Å². The van der Waals surface area contributed by atoms with Crippen molar-refractivity contribution in [1.82, 2.24) is 15.5 Å². The molecule has 0 unspecified atom stereocenters. The Kier molecular flexibility index (Phi) is 8.21. The molecule has 1 aliphatic heterocycles. The molecule has 3 rings (SSSR count). The summed E-state index contributed by atoms with van der Waals surface area (Å²) in [6.45, 7) is 8.56. The number of rotatable bonds is 5. The number of nitrogens with zero attached hydrogens (tertiary/aromatic N) is 2. The molecule has 26 heavy (non-hydrogen) atoms. The van der Waals surface area contributed by atoms with E-state index in [1.165, 1.54) is 49.8 Å². The summed E-state index contributed by atoms with van der Waals surface area (Å²) in [4.78, 5) is 6.92. The number of guanidine groups is 1. The number of hydrogen-bond acceptors (Lipinski definition) is 3. The van der Waals surface area contributed by atoms with Gasteiger partial charge >= 0.3 is 0 Å². The van der Waals surface area contributed by atoms with Crippen molar-refractivity contribution in [2.75, 3.05) is 26.7 Å². The molecule has 2 N–H and O–H groups in total. The lowest BCUT2D eigenvalue weighted by atomic mass is 10.1. The van der Waals surface area contributed by atoms with Gasteiger partial charge in [-0.15, -0.1) is 24.0 Å². The Hall–Kier alpha value is -1.28. The van der Waals surface area contributed by atoms with E-state index in [0.717, 1.165) is 17.3 Å². The lowest BCUT2D eigenvalue weighted by Gasteiger charge is -2.32. The van der Waals surface area contributed by atoms with Crippen LogP contribution in [0.3, 0.4) is 0 Å². The number of para-hydroxylation sites is 1. The zero-order valence-electron chi connectivity index (χ0n) is 16.0. The Morgan fingerprint density at radius 3 is 2.65 bits per heavy atom. The van der Waals surface area contributed by atoms with E-state index in [9.17, 15) is 0 Å². The first-order valence-corrected chi connectivity index (χ1v) is 9.37. The zero-order chi connectivity index (χ0) is 17.6. The molecule has 5 nitrogen and oxygen atoms in total. The first-order chi connectivity index (χ1) is 12.2. The Morgan fingerprint density at radius 1 is 1.27 bits per heavy atom. The Morgan fingerprint density at radius 2 is 2.00 bits per heavy atom. The fourth-order valence-electron chi connectivity index (χ4n) is 3.56. The monoisotopic (exact) mass is 470 g/mol. The summed E-state index contributed by atoms with van der Waals surface area (Å²) in [6.07, 6.45) is 3.58. The van der Waals surface area contributed by atoms with Gasteiger partial charge in [0, 0.05) is 37.1 Å². The highest BCUT2D eigenvalue weighted by molar-refractivity contribution is 14.0. The molecule has 1 fully saturated rings. The number of aryl methyl sites for hydroxylation is 1. The fourth-order valence-corrected chi connectivity index (χ4v) is 3.56. The zero-order valence-corrected chi connectivity index (χ0v) is 18.4. The minimum absolute atomic E-state index is 0. The molecule has 0 amide bonds. The van der Waals surface area contributed by atoms with E-state index < -0.39 is 0 Å². The van der Waals surface area contributed by atoms with Crippen LogP contribution < -0.4 is 10.6 Å². The SMILES string of the molecule is CCCN1CCC(NC(=NC)NCc2oc3ccccc3c2C)CC1.I. The molecule has 2 heterocycles. The predicted molar refractivity (Wildman–Crippen MR) is 119 cm³/mol. The quantitative estimate of drug-likeness (QED) is 0.396. The summed E-state index contributed by atoms with van der Waals surface area (Å²) in [5, 5.41) is 8.15. The van der Waals surface area contributed by atoms with E-state index in [1.807, 2.05) is 25.2 Å². The molecule has 0 radical (unpaired) electrons. The van der Waals surface area contributed by atoms with Gasteiger partial charge in [0.15, 0.2) is 5.96 Å². The number of furan rings is 1. The van der Waals surface area contributed by atoms with Crippen molar-refractivity contribution >= 4 is 40.9 Å². The van der Waals surface area contributed by atoms with Gasteiger partial charge in [-0.2, -0.15) is 0 Å². The average Bonchev–Trinajstić information content (AvgIpc) is 2.96. The van der Waals surface area contributed by atoms with Crippen LogP contribution in [-0.2, 0) is 6.54 Å². The maximum atomic E-state index is 5.97. The van der Waals surface area contributed by atoms with Crippen LogP contribution in [0.25, 0.3) is 11.0 Å². The summed E-state index contributed by atoms with van der Waals surface area (Å²) in [7, 11) is 1.83. The second kappa shape index (κ2) is 10.2. The van der Waals surface area contributed by atoms with Crippen LogP contribution in [0, 0.1) is 6.92 Å². The fraction of sp³-hybridized carbons (Fsp3) is 0.550. The molecule has 0 aliphatic carbocycles. The number of nitrogens with one attached hydrogen (secondary N) is 2. The number of piperidine rings is 1. The number of hydrogen-bond donors (Lipinski definition) is 2. The van der Waals surface area contributed by atoms with E-state index >= 15 is 0 Å². The summed E-state index contributed by atoms with van der Waals surface area (Å²) in [6, 6.07) is 8.68. The van der Waals surface area contributed by atoms with Gasteiger partial charge in [0.05, 0.1) is 6.54 Å². The van der Waals surface area contributed by atoms with Crippen molar-refractivity contribution in [2.24, 2.45) is 4.99 Å². The first kappa shape index (κ1) is 21.0. The van der Waals surface area contributed by atoms with Crippen LogP contribution in [0.15, 0.2) is 33.7 Å². The minimum atomic E-state index is 0. The van der Waals surface area contributed by atoms with Gasteiger partial charge in [-0.1, -0.05) is 25.1 Å². The van der Waals surface area contributed by atoms with Crippen LogP contribution in [0.2, 0.25) is 0 Å². The van der Waals surface area contributed by atoms with Crippen LogP contribution in [0.5, 0.6) is 0 Å². The lowest BCUT2D eigenvalue weighted by Crippen LogP contribution is -2.48. The van der Waals surface area contributed by atoms with Crippen LogP contribution in [0.1, 0.15) is 37.5 Å². The molecular formula is C20H31IN4O. The molecule has 6 heteroatoms. The van der Waals surface area contributed by atoms with Crippen molar-refractivity contribution in [2.45, 2.75) is 45.7 Å². The summed E-state index contributed by atoms with van der Waals surface area (Å²) in [5.74, 6) is 1.83. The first-order valence-electron chi connectivity index (χ1n) is 9.37. The highest BCUT2D eigenvalue weighted by atomic mass is 127. The molecule has 0 bridgehead atoms.